The highest BCUT2D eigenvalue weighted by molar-refractivity contribution is 14.1. The molecule has 1 heterocycles. The average Bonchev–Trinajstić information content (AvgIpc) is 2.03. The second-order valence-corrected chi connectivity index (χ2v) is 2.79. The molecule has 0 radical (unpaired) electrons. The Balaban J connectivity index is 2.83. The summed E-state index contributed by atoms with van der Waals surface area (Å²) in [4.78, 5) is 0. The molecule has 0 aromatic rings. The Hall–Kier alpha value is -0.870. The summed E-state index contributed by atoms with van der Waals surface area (Å²) in [5, 5.41) is 10.3. The van der Waals surface area contributed by atoms with Crippen LogP contribution >= 0.6 is 22.6 Å². The largest absolute Gasteiger partial charge is 0.360 e. The molecule has 0 spiro atoms. The summed E-state index contributed by atoms with van der Waals surface area (Å²) in [5.41, 5.74) is 0. The Labute approximate surface area is 78.4 Å². The van der Waals surface area contributed by atoms with Crippen LogP contribution in [0.1, 0.15) is 0 Å². The summed E-state index contributed by atoms with van der Waals surface area (Å²) in [6.07, 6.45) is 8.98. The Morgan fingerprint density at radius 1 is 1.45 bits per heavy atom. The summed E-state index contributed by atoms with van der Waals surface area (Å²) >= 11 is 2.09. The number of hydrogen-bond acceptors (Lipinski definition) is 3. The van der Waals surface area contributed by atoms with Gasteiger partial charge in [-0.15, -0.1) is 10.2 Å². The van der Waals surface area contributed by atoms with Crippen LogP contribution in [-0.4, -0.2) is 9.59 Å². The highest BCUT2D eigenvalue weighted by Crippen LogP contribution is 1.94. The molecule has 1 aliphatic rings. The molecule has 1 rings (SSSR count). The molecule has 0 fully saturated rings. The SMILES string of the molecule is IC1=N\N=C=CN/C=C/C=C\1. The van der Waals surface area contributed by atoms with Gasteiger partial charge in [0.15, 0.2) is 0 Å². The standard InChI is InChI=1S/C7H6IN3/c8-7-3-1-2-4-9-5-6-10-11-7/h1-5,9H/b3-1-,4-2+,11-7-. The molecule has 0 amide bonds. The van der Waals surface area contributed by atoms with Gasteiger partial charge < -0.3 is 5.32 Å². The van der Waals surface area contributed by atoms with Crippen molar-refractivity contribution in [2.75, 3.05) is 0 Å². The van der Waals surface area contributed by atoms with E-state index < -0.39 is 0 Å². The smallest absolute Gasteiger partial charge is 0.124 e. The summed E-state index contributed by atoms with van der Waals surface area (Å²) in [6.45, 7) is 0. The van der Waals surface area contributed by atoms with Crippen LogP contribution in [0.2, 0.25) is 0 Å². The molecule has 3 nitrogen and oxygen atoms in total. The minimum absolute atomic E-state index is 0.829. The molecule has 0 saturated heterocycles. The number of nitrogens with one attached hydrogen (secondary N) is 1. The van der Waals surface area contributed by atoms with E-state index in [9.17, 15) is 0 Å². The predicted molar refractivity (Wildman–Crippen MR) is 54.9 cm³/mol. The van der Waals surface area contributed by atoms with Gasteiger partial charge in [0.2, 0.25) is 0 Å². The van der Waals surface area contributed by atoms with Crippen molar-refractivity contribution >= 4 is 32.2 Å². The monoisotopic (exact) mass is 259 g/mol. The van der Waals surface area contributed by atoms with Gasteiger partial charge in [-0.1, -0.05) is 6.08 Å². The van der Waals surface area contributed by atoms with Crippen LogP contribution in [0, 0.1) is 0 Å². The van der Waals surface area contributed by atoms with Crippen LogP contribution in [0.5, 0.6) is 0 Å². The molecule has 0 aromatic heterocycles. The zero-order chi connectivity index (χ0) is 7.94. The molecule has 0 aliphatic carbocycles. The molecule has 0 aromatic carbocycles. The lowest BCUT2D eigenvalue weighted by Gasteiger charge is -1.85. The Kier molecular flexibility index (Phi) is 3.64. The van der Waals surface area contributed by atoms with Crippen molar-refractivity contribution in [3.8, 4) is 0 Å². The topological polar surface area (TPSA) is 36.8 Å². The first-order chi connectivity index (χ1) is 5.39. The maximum absolute atomic E-state index is 3.81. The zero-order valence-corrected chi connectivity index (χ0v) is 7.82. The van der Waals surface area contributed by atoms with Crippen molar-refractivity contribution in [3.63, 3.8) is 0 Å². The van der Waals surface area contributed by atoms with E-state index in [0.717, 1.165) is 3.72 Å². The van der Waals surface area contributed by atoms with Gasteiger partial charge in [-0.3, -0.25) is 0 Å². The summed E-state index contributed by atoms with van der Waals surface area (Å²) in [5.74, 6) is 2.60. The van der Waals surface area contributed by atoms with Gasteiger partial charge in [0.05, 0.1) is 6.20 Å². The Bertz CT molecular complexity index is 269. The minimum Gasteiger partial charge on any atom is -0.360 e. The van der Waals surface area contributed by atoms with E-state index in [2.05, 4.69) is 44.0 Å². The molecule has 56 valence electrons. The first-order valence-electron chi connectivity index (χ1n) is 2.99. The van der Waals surface area contributed by atoms with E-state index in [1.807, 2.05) is 18.2 Å². The molecule has 4 heteroatoms. The lowest BCUT2D eigenvalue weighted by Crippen LogP contribution is -1.91. The van der Waals surface area contributed by atoms with E-state index in [1.165, 1.54) is 0 Å². The maximum Gasteiger partial charge on any atom is 0.124 e. The summed E-state index contributed by atoms with van der Waals surface area (Å²) < 4.78 is 0.829. The first kappa shape index (κ1) is 8.23. The fourth-order valence-corrected chi connectivity index (χ4v) is 0.786. The fourth-order valence-electron chi connectivity index (χ4n) is 0.470. The number of rotatable bonds is 0. The zero-order valence-electron chi connectivity index (χ0n) is 5.66. The third kappa shape index (κ3) is 3.75. The summed E-state index contributed by atoms with van der Waals surface area (Å²) in [6, 6.07) is 0. The molecule has 0 unspecified atom stereocenters. The van der Waals surface area contributed by atoms with E-state index in [4.69, 9.17) is 0 Å². The van der Waals surface area contributed by atoms with Crippen molar-refractivity contribution in [1.82, 2.24) is 5.32 Å². The lowest BCUT2D eigenvalue weighted by atomic mass is 10.5. The van der Waals surface area contributed by atoms with Crippen LogP contribution in [-0.2, 0) is 0 Å². The van der Waals surface area contributed by atoms with Gasteiger partial charge >= 0.3 is 0 Å². The molecule has 1 aliphatic heterocycles. The van der Waals surface area contributed by atoms with Gasteiger partial charge in [0, 0.05) is 12.1 Å². The van der Waals surface area contributed by atoms with Crippen LogP contribution < -0.4 is 5.32 Å². The number of allylic oxidation sites excluding steroid dienone is 3. The lowest BCUT2D eigenvalue weighted by molar-refractivity contribution is 1.20. The summed E-state index contributed by atoms with van der Waals surface area (Å²) in [7, 11) is 0. The van der Waals surface area contributed by atoms with Crippen LogP contribution in [0.25, 0.3) is 0 Å². The van der Waals surface area contributed by atoms with E-state index in [-0.39, 0.29) is 0 Å². The molecule has 0 bridgehead atoms. The van der Waals surface area contributed by atoms with E-state index in [0.29, 0.717) is 0 Å². The second kappa shape index (κ2) is 4.87. The molecular formula is C7H6IN3. The van der Waals surface area contributed by atoms with Gasteiger partial charge in [0.1, 0.15) is 3.72 Å². The number of nitrogens with zero attached hydrogens (tertiary/aromatic N) is 2. The molecular weight excluding hydrogens is 253 g/mol. The normalized spacial score (nSPS) is 26.5. The number of halogens is 1. The van der Waals surface area contributed by atoms with E-state index in [1.54, 1.807) is 12.4 Å². The van der Waals surface area contributed by atoms with Gasteiger partial charge in [-0.25, -0.2) is 0 Å². The first-order valence-corrected chi connectivity index (χ1v) is 4.07. The fraction of sp³-hybridized carbons (Fsp3) is 0. The van der Waals surface area contributed by atoms with Gasteiger partial charge in [-0.2, -0.15) is 0 Å². The third-order valence-electron chi connectivity index (χ3n) is 0.888. The Morgan fingerprint density at radius 3 is 3.27 bits per heavy atom. The molecule has 11 heavy (non-hydrogen) atoms. The van der Waals surface area contributed by atoms with Crippen LogP contribution in [0.4, 0.5) is 0 Å². The molecule has 1 N–H and O–H groups in total. The molecule has 0 atom stereocenters. The van der Waals surface area contributed by atoms with E-state index >= 15 is 0 Å². The van der Waals surface area contributed by atoms with Crippen molar-refractivity contribution in [2.24, 2.45) is 10.2 Å². The van der Waals surface area contributed by atoms with Crippen molar-refractivity contribution in [3.05, 3.63) is 30.6 Å². The Morgan fingerprint density at radius 2 is 2.36 bits per heavy atom. The third-order valence-corrected chi connectivity index (χ3v) is 1.46. The number of hydrogen-bond donors (Lipinski definition) is 1. The maximum atomic E-state index is 3.81. The average molecular weight is 259 g/mol. The van der Waals surface area contributed by atoms with Gasteiger partial charge in [0.25, 0.3) is 0 Å². The molecule has 0 saturated carbocycles. The predicted octanol–water partition coefficient (Wildman–Crippen LogP) is 1.59. The van der Waals surface area contributed by atoms with Crippen molar-refractivity contribution in [1.29, 1.82) is 0 Å². The minimum atomic E-state index is 0.829. The van der Waals surface area contributed by atoms with Crippen LogP contribution in [0.15, 0.2) is 40.8 Å². The van der Waals surface area contributed by atoms with Crippen molar-refractivity contribution in [2.45, 2.75) is 0 Å². The highest BCUT2D eigenvalue weighted by Gasteiger charge is 1.81. The quantitative estimate of drug-likeness (QED) is 0.659. The highest BCUT2D eigenvalue weighted by atomic mass is 127. The van der Waals surface area contributed by atoms with Gasteiger partial charge in [-0.05, 0) is 34.7 Å². The van der Waals surface area contributed by atoms with Crippen molar-refractivity contribution < 1.29 is 0 Å². The second-order valence-electron chi connectivity index (χ2n) is 1.68. The van der Waals surface area contributed by atoms with Crippen LogP contribution in [0.3, 0.4) is 0 Å².